The zero-order chi connectivity index (χ0) is 34.2. The molecule has 4 aromatic rings. The number of hydrogen-bond donors (Lipinski definition) is 4. The zero-order valence-corrected chi connectivity index (χ0v) is 28.5. The molecule has 47 heavy (non-hydrogen) atoms. The number of rotatable bonds is 16. The van der Waals surface area contributed by atoms with Crippen molar-refractivity contribution in [2.75, 3.05) is 35.4 Å². The van der Waals surface area contributed by atoms with Crippen molar-refractivity contribution in [2.45, 2.75) is 28.0 Å². The minimum absolute atomic E-state index is 0.105. The number of aromatic nitrogens is 3. The summed E-state index contributed by atoms with van der Waals surface area (Å²) in [5.74, 6) is 0.120. The number of nitrogens with one attached hydrogen (secondary N) is 1. The Morgan fingerprint density at radius 1 is 0.766 bits per heavy atom. The molecule has 0 spiro atoms. The molecule has 0 saturated carbocycles. The van der Waals surface area contributed by atoms with Crippen LogP contribution in [0.1, 0.15) is 12.8 Å². The van der Waals surface area contributed by atoms with Crippen LogP contribution in [0.3, 0.4) is 0 Å². The molecule has 0 radical (unpaired) electrons. The summed E-state index contributed by atoms with van der Waals surface area (Å²) in [6, 6.07) is 14.1. The van der Waals surface area contributed by atoms with Crippen LogP contribution in [0.25, 0.3) is 10.8 Å². The van der Waals surface area contributed by atoms with Crippen LogP contribution in [0.15, 0.2) is 80.0 Å². The topological polar surface area (TPSA) is 248 Å². The summed E-state index contributed by atoms with van der Waals surface area (Å²) < 4.78 is 101. The number of anilines is 2. The zero-order valence-electron chi connectivity index (χ0n) is 24.4. The number of thioether (sulfide) groups is 2. The average Bonchev–Trinajstić information content (AvgIpc) is 2.99. The van der Waals surface area contributed by atoms with E-state index in [9.17, 15) is 29.8 Å². The quantitative estimate of drug-likeness (QED) is 0.0499. The van der Waals surface area contributed by atoms with Gasteiger partial charge in [-0.05, 0) is 48.6 Å². The normalized spacial score (nSPS) is 12.5. The first kappa shape index (κ1) is 36.4. The lowest BCUT2D eigenvalue weighted by atomic mass is 10.1. The first-order valence-corrected chi connectivity index (χ1v) is 20.0. The van der Waals surface area contributed by atoms with Crippen LogP contribution >= 0.6 is 23.5 Å². The number of ether oxygens (including phenoxy) is 1. The largest absolute Gasteiger partial charge is 0.494 e. The Labute approximate surface area is 279 Å². The minimum Gasteiger partial charge on any atom is -0.494 e. The van der Waals surface area contributed by atoms with Crippen molar-refractivity contribution in [3.8, 4) is 5.75 Å². The van der Waals surface area contributed by atoms with Gasteiger partial charge in [0.05, 0.1) is 35.7 Å². The van der Waals surface area contributed by atoms with E-state index >= 15 is 0 Å². The van der Waals surface area contributed by atoms with E-state index in [4.69, 9.17) is 13.8 Å². The molecule has 0 aliphatic carbocycles. The van der Waals surface area contributed by atoms with Crippen LogP contribution in [-0.2, 0) is 30.4 Å². The molecule has 0 amide bonds. The van der Waals surface area contributed by atoms with Gasteiger partial charge >= 0.3 is 0 Å². The Hall–Kier alpha value is -3.44. The second-order valence-corrected chi connectivity index (χ2v) is 16.2. The second kappa shape index (κ2) is 15.6. The van der Waals surface area contributed by atoms with E-state index in [1.165, 1.54) is 25.3 Å². The fourth-order valence-corrected chi connectivity index (χ4v) is 7.63. The fourth-order valence-electron chi connectivity index (χ4n) is 3.93. The summed E-state index contributed by atoms with van der Waals surface area (Å²) in [6.45, 7) is 0. The van der Waals surface area contributed by atoms with Crippen LogP contribution < -0.4 is 10.1 Å². The molecule has 21 heteroatoms. The average molecular weight is 745 g/mol. The molecule has 0 aliphatic rings. The first-order chi connectivity index (χ1) is 22.1. The molecule has 3 aromatic carbocycles. The predicted octanol–water partition coefficient (Wildman–Crippen LogP) is 5.18. The summed E-state index contributed by atoms with van der Waals surface area (Å²) in [6.07, 6.45) is 0.277. The van der Waals surface area contributed by atoms with Crippen molar-refractivity contribution in [3.05, 3.63) is 54.6 Å². The Kier molecular flexibility index (Phi) is 12.1. The number of fused-ring (bicyclic) bond motifs is 1. The fraction of sp³-hybridized carbons (Fsp3) is 0.269. The van der Waals surface area contributed by atoms with Gasteiger partial charge in [0, 0.05) is 23.0 Å². The van der Waals surface area contributed by atoms with Crippen LogP contribution in [0.5, 0.6) is 5.75 Å². The van der Waals surface area contributed by atoms with E-state index in [1.54, 1.807) is 36.4 Å². The lowest BCUT2D eigenvalue weighted by molar-refractivity contribution is 0.417. The third kappa shape index (κ3) is 11.6. The van der Waals surface area contributed by atoms with E-state index in [1.807, 2.05) is 0 Å². The van der Waals surface area contributed by atoms with Crippen molar-refractivity contribution in [1.29, 1.82) is 0 Å². The van der Waals surface area contributed by atoms with Gasteiger partial charge in [-0.2, -0.15) is 50.4 Å². The highest BCUT2D eigenvalue weighted by Crippen LogP contribution is 2.33. The molecule has 252 valence electrons. The van der Waals surface area contributed by atoms with Gasteiger partial charge < -0.3 is 10.1 Å². The third-order valence-electron chi connectivity index (χ3n) is 5.97. The highest BCUT2D eigenvalue weighted by molar-refractivity contribution is 7.99. The maximum Gasteiger partial charge on any atom is 0.295 e. The van der Waals surface area contributed by atoms with Gasteiger partial charge in [-0.1, -0.05) is 41.7 Å². The number of nitrogens with zero attached hydrogens (tertiary/aromatic N) is 5. The molecule has 1 heterocycles. The van der Waals surface area contributed by atoms with Crippen molar-refractivity contribution in [2.24, 2.45) is 10.2 Å². The third-order valence-corrected chi connectivity index (χ3v) is 10.4. The van der Waals surface area contributed by atoms with Crippen molar-refractivity contribution in [3.63, 3.8) is 0 Å². The highest BCUT2D eigenvalue weighted by Gasteiger charge is 2.15. The van der Waals surface area contributed by atoms with Gasteiger partial charge in [0.25, 0.3) is 30.4 Å². The Morgan fingerprint density at radius 2 is 1.34 bits per heavy atom. The molecule has 0 saturated heterocycles. The van der Waals surface area contributed by atoms with Gasteiger partial charge in [0.1, 0.15) is 10.6 Å². The molecule has 0 aliphatic heterocycles. The van der Waals surface area contributed by atoms with E-state index in [0.29, 0.717) is 28.2 Å². The van der Waals surface area contributed by atoms with Gasteiger partial charge in [-0.3, -0.25) is 13.7 Å². The Morgan fingerprint density at radius 3 is 1.89 bits per heavy atom. The van der Waals surface area contributed by atoms with Gasteiger partial charge in [0.2, 0.25) is 5.95 Å². The standard InChI is InChI=1S/C26H28N6O10S5/c1-42-22-16-19(32-31-18-8-7-17-5-2-6-23(20(17)15-18)47(39,40)41)9-10-21(22)27-24-28-25(43-11-3-13-45(33,34)35)30-26(29-24)44-12-4-14-46(36,37)38/h2,5-10,15-16H,3-4,11-14H2,1H3,(H,33,34,35)(H,36,37,38)(H,39,40,41)(H,27,28,29,30). The van der Waals surface area contributed by atoms with Crippen LogP contribution in [-0.4, -0.2) is 84.0 Å². The molecule has 4 N–H and O–H groups in total. The predicted molar refractivity (Wildman–Crippen MR) is 178 cm³/mol. The van der Waals surface area contributed by atoms with Crippen molar-refractivity contribution in [1.82, 2.24) is 15.0 Å². The van der Waals surface area contributed by atoms with Crippen LogP contribution in [0.4, 0.5) is 23.0 Å². The van der Waals surface area contributed by atoms with E-state index in [2.05, 4.69) is 30.5 Å². The number of hydrogen-bond acceptors (Lipinski definition) is 15. The minimum atomic E-state index is -4.46. The molecule has 1 aromatic heterocycles. The monoisotopic (exact) mass is 744 g/mol. The summed E-state index contributed by atoms with van der Waals surface area (Å²) >= 11 is 2.26. The maximum absolute atomic E-state index is 11.8. The van der Waals surface area contributed by atoms with Crippen LogP contribution in [0, 0.1) is 0 Å². The number of benzene rings is 3. The summed E-state index contributed by atoms with van der Waals surface area (Å²) in [7, 11) is -11.3. The van der Waals surface area contributed by atoms with Crippen molar-refractivity contribution < 1.29 is 43.6 Å². The van der Waals surface area contributed by atoms with E-state index in [-0.39, 0.29) is 50.9 Å². The van der Waals surface area contributed by atoms with Crippen molar-refractivity contribution >= 4 is 87.7 Å². The Balaban J connectivity index is 1.54. The summed E-state index contributed by atoms with van der Waals surface area (Å²) in [5.41, 5.74) is 1.16. The van der Waals surface area contributed by atoms with E-state index < -0.39 is 41.9 Å². The van der Waals surface area contributed by atoms with Gasteiger partial charge in [-0.15, -0.1) is 0 Å². The number of azo groups is 1. The molecular weight excluding hydrogens is 717 g/mol. The lowest BCUT2D eigenvalue weighted by Crippen LogP contribution is -2.07. The molecule has 0 fully saturated rings. The summed E-state index contributed by atoms with van der Waals surface area (Å²) in [4.78, 5) is 12.8. The second-order valence-electron chi connectivity index (χ2n) is 9.55. The molecule has 4 rings (SSSR count). The molecule has 0 bridgehead atoms. The van der Waals surface area contributed by atoms with Gasteiger partial charge in [-0.25, -0.2) is 0 Å². The SMILES string of the molecule is COc1cc(N=Nc2ccc3cccc(S(=O)(=O)O)c3c2)ccc1Nc1nc(SCCCS(=O)(=O)O)nc(SCCCS(=O)(=O)O)n1. The highest BCUT2D eigenvalue weighted by atomic mass is 32.2. The Bertz CT molecular complexity index is 2060. The molecule has 0 atom stereocenters. The lowest BCUT2D eigenvalue weighted by Gasteiger charge is -2.12. The van der Waals surface area contributed by atoms with Gasteiger partial charge in [0.15, 0.2) is 10.3 Å². The van der Waals surface area contributed by atoms with Crippen LogP contribution in [0.2, 0.25) is 0 Å². The smallest absolute Gasteiger partial charge is 0.295 e. The molecule has 16 nitrogen and oxygen atoms in total. The first-order valence-electron chi connectivity index (χ1n) is 13.4. The molecular formula is C26H28N6O10S5. The van der Waals surface area contributed by atoms with E-state index in [0.717, 1.165) is 23.5 Å². The summed E-state index contributed by atoms with van der Waals surface area (Å²) in [5, 5.41) is 12.8. The maximum atomic E-state index is 11.8. The molecule has 0 unspecified atom stereocenters. The number of methoxy groups -OCH3 is 1.